The van der Waals surface area contributed by atoms with E-state index < -0.39 is 59.6 Å². The van der Waals surface area contributed by atoms with Gasteiger partial charge in [0.1, 0.15) is 0 Å². The number of hydrogen-bond acceptors (Lipinski definition) is 9. The normalized spacial score (nSPS) is 27.7. The minimum absolute atomic E-state index is 0.0194. The molecule has 2 fully saturated rings. The van der Waals surface area contributed by atoms with E-state index in [1.165, 1.54) is 31.4 Å². The highest BCUT2D eigenvalue weighted by atomic mass is 35.5. The summed E-state index contributed by atoms with van der Waals surface area (Å²) < 4.78 is 20.9. The van der Waals surface area contributed by atoms with E-state index in [4.69, 9.17) is 25.8 Å². The molecule has 0 aromatic heterocycles. The van der Waals surface area contributed by atoms with E-state index >= 15 is 0 Å². The van der Waals surface area contributed by atoms with Crippen LogP contribution < -0.4 is 4.90 Å². The number of esters is 3. The standard InChI is InChI=1S/C21H18ClNO9/c1-9(24)30-20(31-10(2)25)21-7-6-14(32-21)15-16(21)18(27)23(17(15)26)11-4-5-13(22)12(8-11)19(28)29-3/h4-8,14-16,20H,1-3H3/t14-,15-,16-,21+/m1/s1. The molecule has 2 amide bonds. The molecule has 2 saturated heterocycles. The summed E-state index contributed by atoms with van der Waals surface area (Å²) in [5, 5.41) is 0.0891. The van der Waals surface area contributed by atoms with E-state index in [2.05, 4.69) is 4.74 Å². The number of fused-ring (bicyclic) bond motifs is 5. The van der Waals surface area contributed by atoms with Crippen LogP contribution in [-0.4, -0.2) is 54.8 Å². The third-order valence-corrected chi connectivity index (χ3v) is 5.94. The van der Waals surface area contributed by atoms with E-state index in [-0.39, 0.29) is 16.3 Å². The van der Waals surface area contributed by atoms with Crippen molar-refractivity contribution >= 4 is 47.0 Å². The van der Waals surface area contributed by atoms with Crippen LogP contribution in [0.1, 0.15) is 24.2 Å². The fourth-order valence-corrected chi connectivity index (χ4v) is 4.58. The van der Waals surface area contributed by atoms with Crippen LogP contribution in [0.25, 0.3) is 0 Å². The molecule has 1 aromatic carbocycles. The molecular weight excluding hydrogens is 446 g/mol. The summed E-state index contributed by atoms with van der Waals surface area (Å²) in [6, 6.07) is 4.07. The molecule has 0 unspecified atom stereocenters. The summed E-state index contributed by atoms with van der Waals surface area (Å²) in [4.78, 5) is 62.9. The monoisotopic (exact) mass is 463 g/mol. The van der Waals surface area contributed by atoms with Crippen molar-refractivity contribution in [3.8, 4) is 0 Å². The van der Waals surface area contributed by atoms with Gasteiger partial charge < -0.3 is 18.9 Å². The van der Waals surface area contributed by atoms with E-state index in [0.29, 0.717) is 0 Å². The van der Waals surface area contributed by atoms with Gasteiger partial charge in [0.15, 0.2) is 5.60 Å². The van der Waals surface area contributed by atoms with Crippen molar-refractivity contribution in [3.05, 3.63) is 40.9 Å². The fourth-order valence-electron chi connectivity index (χ4n) is 4.39. The molecule has 2 bridgehead atoms. The van der Waals surface area contributed by atoms with Gasteiger partial charge in [-0.15, -0.1) is 0 Å². The van der Waals surface area contributed by atoms with Crippen molar-refractivity contribution in [1.82, 2.24) is 0 Å². The highest BCUT2D eigenvalue weighted by molar-refractivity contribution is 6.34. The van der Waals surface area contributed by atoms with Crippen LogP contribution in [-0.2, 0) is 38.1 Å². The van der Waals surface area contributed by atoms with Crippen LogP contribution in [0.15, 0.2) is 30.4 Å². The maximum Gasteiger partial charge on any atom is 0.339 e. The first-order chi connectivity index (χ1) is 15.1. The first-order valence-electron chi connectivity index (χ1n) is 9.58. The fraction of sp³-hybridized carbons (Fsp3) is 0.381. The van der Waals surface area contributed by atoms with Crippen LogP contribution in [0.4, 0.5) is 5.69 Å². The van der Waals surface area contributed by atoms with Gasteiger partial charge in [-0.05, 0) is 24.3 Å². The van der Waals surface area contributed by atoms with Gasteiger partial charge in [-0.1, -0.05) is 17.7 Å². The molecule has 0 aliphatic carbocycles. The molecule has 11 heteroatoms. The largest absolute Gasteiger partial charge is 0.465 e. The number of imide groups is 1. The second-order valence-corrected chi connectivity index (χ2v) is 7.92. The summed E-state index contributed by atoms with van der Waals surface area (Å²) in [6.07, 6.45) is 0.687. The number of nitrogens with zero attached hydrogens (tertiary/aromatic N) is 1. The second-order valence-electron chi connectivity index (χ2n) is 7.52. The first-order valence-corrected chi connectivity index (χ1v) is 9.95. The average Bonchev–Trinajstić information content (AvgIpc) is 3.38. The lowest BCUT2D eigenvalue weighted by molar-refractivity contribution is -0.226. The van der Waals surface area contributed by atoms with Crippen LogP contribution in [0, 0.1) is 11.8 Å². The quantitative estimate of drug-likeness (QED) is 0.275. The Morgan fingerprint density at radius 1 is 1.12 bits per heavy atom. The summed E-state index contributed by atoms with van der Waals surface area (Å²) in [5.41, 5.74) is -1.56. The van der Waals surface area contributed by atoms with Crippen molar-refractivity contribution in [3.63, 3.8) is 0 Å². The van der Waals surface area contributed by atoms with E-state index in [1.807, 2.05) is 0 Å². The van der Waals surface area contributed by atoms with E-state index in [0.717, 1.165) is 18.7 Å². The highest BCUT2D eigenvalue weighted by Gasteiger charge is 2.72. The number of hydrogen-bond donors (Lipinski definition) is 0. The van der Waals surface area contributed by atoms with Crippen LogP contribution in [0.2, 0.25) is 5.02 Å². The van der Waals surface area contributed by atoms with Gasteiger partial charge in [0.05, 0.1) is 41.3 Å². The van der Waals surface area contributed by atoms with Gasteiger partial charge >= 0.3 is 17.9 Å². The van der Waals surface area contributed by atoms with Crippen LogP contribution >= 0.6 is 11.6 Å². The van der Waals surface area contributed by atoms with Crippen molar-refractivity contribution in [2.75, 3.05) is 12.0 Å². The molecule has 10 nitrogen and oxygen atoms in total. The van der Waals surface area contributed by atoms with E-state index in [9.17, 15) is 24.0 Å². The number of benzene rings is 1. The number of halogens is 1. The Balaban J connectivity index is 1.75. The third-order valence-electron chi connectivity index (χ3n) is 5.61. The molecule has 1 aromatic rings. The number of carbonyl (C=O) groups excluding carboxylic acids is 5. The van der Waals surface area contributed by atoms with Gasteiger partial charge in [0, 0.05) is 13.8 Å². The number of rotatable bonds is 5. The van der Waals surface area contributed by atoms with Gasteiger partial charge in [-0.3, -0.25) is 19.2 Å². The zero-order valence-electron chi connectivity index (χ0n) is 17.2. The number of carbonyl (C=O) groups is 5. The van der Waals surface area contributed by atoms with Gasteiger partial charge in [-0.25, -0.2) is 9.69 Å². The predicted octanol–water partition coefficient (Wildman–Crippen LogP) is 1.39. The molecule has 0 radical (unpaired) electrons. The Bertz CT molecular complexity index is 1070. The average molecular weight is 464 g/mol. The third kappa shape index (κ3) is 3.18. The topological polar surface area (TPSA) is 126 Å². The number of anilines is 1. The van der Waals surface area contributed by atoms with Gasteiger partial charge in [-0.2, -0.15) is 0 Å². The maximum absolute atomic E-state index is 13.5. The van der Waals surface area contributed by atoms with Gasteiger partial charge in [0.25, 0.3) is 6.29 Å². The van der Waals surface area contributed by atoms with Crippen molar-refractivity contribution < 1.29 is 42.9 Å². The molecule has 3 aliphatic heterocycles. The lowest BCUT2D eigenvalue weighted by Crippen LogP contribution is -2.52. The molecular formula is C21H18ClNO9. The molecule has 0 saturated carbocycles. The number of amides is 2. The Kier molecular flexibility index (Phi) is 5.30. The highest BCUT2D eigenvalue weighted by Crippen LogP contribution is 2.54. The molecule has 0 N–H and O–H groups in total. The summed E-state index contributed by atoms with van der Waals surface area (Å²) in [5.74, 6) is -5.54. The lowest BCUT2D eigenvalue weighted by atomic mass is 9.76. The Labute approximate surface area is 187 Å². The summed E-state index contributed by atoms with van der Waals surface area (Å²) >= 11 is 6.05. The smallest absolute Gasteiger partial charge is 0.339 e. The van der Waals surface area contributed by atoms with Crippen molar-refractivity contribution in [2.24, 2.45) is 11.8 Å². The predicted molar refractivity (Wildman–Crippen MR) is 106 cm³/mol. The lowest BCUT2D eigenvalue weighted by Gasteiger charge is -2.34. The van der Waals surface area contributed by atoms with Gasteiger partial charge in [0.2, 0.25) is 11.8 Å². The molecule has 32 heavy (non-hydrogen) atoms. The molecule has 3 aliphatic rings. The van der Waals surface area contributed by atoms with Crippen LogP contribution in [0.5, 0.6) is 0 Å². The Morgan fingerprint density at radius 3 is 2.38 bits per heavy atom. The number of methoxy groups -OCH3 is 1. The van der Waals surface area contributed by atoms with Crippen molar-refractivity contribution in [2.45, 2.75) is 31.8 Å². The Morgan fingerprint density at radius 2 is 1.78 bits per heavy atom. The molecule has 3 heterocycles. The summed E-state index contributed by atoms with van der Waals surface area (Å²) in [7, 11) is 1.18. The second kappa shape index (κ2) is 7.72. The van der Waals surface area contributed by atoms with Crippen LogP contribution in [0.3, 0.4) is 0 Å². The zero-order valence-corrected chi connectivity index (χ0v) is 18.0. The molecule has 0 spiro atoms. The first kappa shape index (κ1) is 22.0. The SMILES string of the molecule is COC(=O)c1cc(N2C(=O)[C@@H]3[C@H]4C=C[C@](C(OC(C)=O)OC(C)=O)(O4)[C@H]3C2=O)ccc1Cl. The zero-order chi connectivity index (χ0) is 23.4. The minimum Gasteiger partial charge on any atom is -0.465 e. The molecule has 168 valence electrons. The minimum atomic E-state index is -1.66. The molecule has 4 rings (SSSR count). The maximum atomic E-state index is 13.5. The van der Waals surface area contributed by atoms with E-state index in [1.54, 1.807) is 6.08 Å². The van der Waals surface area contributed by atoms with Crippen molar-refractivity contribution in [1.29, 1.82) is 0 Å². The summed E-state index contributed by atoms with van der Waals surface area (Å²) in [6.45, 7) is 2.23. The number of ether oxygens (including phenoxy) is 4. The Hall–Kier alpha value is -3.24. The molecule has 4 atom stereocenters.